The summed E-state index contributed by atoms with van der Waals surface area (Å²) in [5.74, 6) is -0.627. The van der Waals surface area contributed by atoms with Gasteiger partial charge in [-0.05, 0) is 53.7 Å². The molecule has 6 nitrogen and oxygen atoms in total. The van der Waals surface area contributed by atoms with Crippen molar-refractivity contribution < 1.29 is 19.4 Å². The third-order valence-electron chi connectivity index (χ3n) is 3.43. The summed E-state index contributed by atoms with van der Waals surface area (Å²) in [6.07, 6.45) is 1.56. The van der Waals surface area contributed by atoms with Crippen LogP contribution < -0.4 is 10.1 Å². The topological polar surface area (TPSA) is 88.0 Å². The van der Waals surface area contributed by atoms with Gasteiger partial charge in [0.25, 0.3) is 5.91 Å². The molecule has 7 heteroatoms. The largest absolute Gasteiger partial charge is 0.497 e. The van der Waals surface area contributed by atoms with Crippen LogP contribution in [-0.4, -0.2) is 29.3 Å². The molecule has 0 aliphatic carbocycles. The van der Waals surface area contributed by atoms with E-state index in [-0.39, 0.29) is 11.5 Å². The Morgan fingerprint density at radius 1 is 1.20 bits per heavy atom. The molecule has 0 atom stereocenters. The minimum absolute atomic E-state index is 0.143. The third kappa shape index (κ3) is 3.89. The Kier molecular flexibility index (Phi) is 4.85. The van der Waals surface area contributed by atoms with Gasteiger partial charge in [0.1, 0.15) is 5.75 Å². The van der Waals surface area contributed by atoms with E-state index in [1.165, 1.54) is 17.8 Å². The van der Waals surface area contributed by atoms with Crippen LogP contribution in [0.1, 0.15) is 15.9 Å². The van der Waals surface area contributed by atoms with E-state index in [1.54, 1.807) is 55.7 Å². The molecule has 2 aromatic carbocycles. The van der Waals surface area contributed by atoms with Crippen molar-refractivity contribution in [3.8, 4) is 5.75 Å². The summed E-state index contributed by atoms with van der Waals surface area (Å²) in [5.41, 5.74) is 1.29. The van der Waals surface area contributed by atoms with Gasteiger partial charge in [0, 0.05) is 0 Å². The van der Waals surface area contributed by atoms with E-state index in [0.717, 1.165) is 5.75 Å². The fourth-order valence-corrected chi connectivity index (χ4v) is 3.05. The number of thioether (sulfide) groups is 1. The van der Waals surface area contributed by atoms with Crippen molar-refractivity contribution in [1.29, 1.82) is 0 Å². The van der Waals surface area contributed by atoms with Gasteiger partial charge < -0.3 is 15.2 Å². The standard InChI is InChI=1S/C18H14N2O4S/c1-24-13-8-6-12(7-9-13)19-18-20-16(21)15(25-18)10-11-4-2-3-5-14(11)17(22)23/h2-10H,1H3,(H,22,23)(H,19,20,21)/b15-10+. The van der Waals surface area contributed by atoms with E-state index in [1.807, 2.05) is 0 Å². The van der Waals surface area contributed by atoms with Gasteiger partial charge in [-0.2, -0.15) is 0 Å². The normalized spacial score (nSPS) is 16.9. The molecule has 0 aromatic heterocycles. The number of carbonyl (C=O) groups excluding carboxylic acids is 1. The number of benzene rings is 2. The quantitative estimate of drug-likeness (QED) is 0.823. The molecule has 0 bridgehead atoms. The number of nitrogens with zero attached hydrogens (tertiary/aromatic N) is 1. The van der Waals surface area contributed by atoms with Crippen molar-refractivity contribution in [1.82, 2.24) is 5.32 Å². The number of aliphatic imine (C=N–C) groups is 1. The molecule has 3 rings (SSSR count). The maximum atomic E-state index is 12.1. The number of hydrogen-bond donors (Lipinski definition) is 2. The van der Waals surface area contributed by atoms with E-state index < -0.39 is 5.97 Å². The number of carboxylic acid groups (broad SMARTS) is 1. The van der Waals surface area contributed by atoms with Gasteiger partial charge in [0.2, 0.25) is 0 Å². The average Bonchev–Trinajstić information content (AvgIpc) is 2.95. The lowest BCUT2D eigenvalue weighted by Crippen LogP contribution is -2.19. The second-order valence-corrected chi connectivity index (χ2v) is 6.10. The van der Waals surface area contributed by atoms with E-state index in [4.69, 9.17) is 4.74 Å². The lowest BCUT2D eigenvalue weighted by atomic mass is 10.1. The number of amidine groups is 1. The second-order valence-electron chi connectivity index (χ2n) is 5.07. The Labute approximate surface area is 148 Å². The number of hydrogen-bond acceptors (Lipinski definition) is 5. The lowest BCUT2D eigenvalue weighted by Gasteiger charge is -2.00. The molecule has 1 heterocycles. The fourth-order valence-electron chi connectivity index (χ4n) is 2.21. The highest BCUT2D eigenvalue weighted by Gasteiger charge is 2.24. The molecule has 0 saturated carbocycles. The number of ether oxygens (including phenoxy) is 1. The fraction of sp³-hybridized carbons (Fsp3) is 0.0556. The molecule has 2 aromatic rings. The number of carboxylic acids is 1. The molecule has 1 amide bonds. The number of amides is 1. The number of methoxy groups -OCH3 is 1. The summed E-state index contributed by atoms with van der Waals surface area (Å²) >= 11 is 1.17. The van der Waals surface area contributed by atoms with Gasteiger partial charge in [-0.25, -0.2) is 9.79 Å². The van der Waals surface area contributed by atoms with Gasteiger partial charge in [-0.1, -0.05) is 18.2 Å². The van der Waals surface area contributed by atoms with E-state index in [0.29, 0.717) is 21.3 Å². The van der Waals surface area contributed by atoms with Gasteiger partial charge in [-0.15, -0.1) is 0 Å². The van der Waals surface area contributed by atoms with Gasteiger partial charge in [0.05, 0.1) is 23.3 Å². The summed E-state index contributed by atoms with van der Waals surface area (Å²) in [7, 11) is 1.58. The number of rotatable bonds is 4. The molecular weight excluding hydrogens is 340 g/mol. The zero-order valence-corrected chi connectivity index (χ0v) is 14.0. The lowest BCUT2D eigenvalue weighted by molar-refractivity contribution is -0.115. The Balaban J connectivity index is 1.85. The van der Waals surface area contributed by atoms with Crippen molar-refractivity contribution in [3.63, 3.8) is 0 Å². The number of nitrogens with one attached hydrogen (secondary N) is 1. The van der Waals surface area contributed by atoms with Gasteiger partial charge >= 0.3 is 5.97 Å². The minimum atomic E-state index is -1.04. The van der Waals surface area contributed by atoms with Crippen molar-refractivity contribution >= 4 is 40.6 Å². The zero-order valence-electron chi connectivity index (χ0n) is 13.2. The van der Waals surface area contributed by atoms with E-state index in [9.17, 15) is 14.7 Å². The van der Waals surface area contributed by atoms with Crippen LogP contribution in [0.5, 0.6) is 5.75 Å². The first-order chi connectivity index (χ1) is 12.1. The highest BCUT2D eigenvalue weighted by molar-refractivity contribution is 8.18. The molecule has 2 N–H and O–H groups in total. The summed E-state index contributed by atoms with van der Waals surface area (Å²) in [4.78, 5) is 28.1. The van der Waals surface area contributed by atoms with Crippen molar-refractivity contribution in [2.24, 2.45) is 4.99 Å². The molecule has 0 radical (unpaired) electrons. The summed E-state index contributed by atoms with van der Waals surface area (Å²) in [6, 6.07) is 13.6. The molecule has 1 saturated heterocycles. The maximum absolute atomic E-state index is 12.1. The van der Waals surface area contributed by atoms with Crippen LogP contribution in [0.15, 0.2) is 58.4 Å². The average molecular weight is 354 g/mol. The smallest absolute Gasteiger partial charge is 0.336 e. The first-order valence-electron chi connectivity index (χ1n) is 7.33. The summed E-state index contributed by atoms with van der Waals surface area (Å²) in [5, 5.41) is 12.3. The molecule has 126 valence electrons. The van der Waals surface area contributed by atoms with Crippen LogP contribution in [0.4, 0.5) is 5.69 Å². The molecule has 1 aliphatic heterocycles. The Morgan fingerprint density at radius 3 is 2.60 bits per heavy atom. The van der Waals surface area contributed by atoms with Crippen molar-refractivity contribution in [3.05, 3.63) is 64.6 Å². The van der Waals surface area contributed by atoms with Crippen LogP contribution in [0.25, 0.3) is 6.08 Å². The predicted octanol–water partition coefficient (Wildman–Crippen LogP) is 3.29. The monoisotopic (exact) mass is 354 g/mol. The van der Waals surface area contributed by atoms with Crippen molar-refractivity contribution in [2.75, 3.05) is 7.11 Å². The van der Waals surface area contributed by atoms with E-state index >= 15 is 0 Å². The number of aromatic carboxylic acids is 1. The third-order valence-corrected chi connectivity index (χ3v) is 4.34. The molecule has 0 unspecified atom stereocenters. The number of carbonyl (C=O) groups is 2. The zero-order chi connectivity index (χ0) is 17.8. The molecule has 1 aliphatic rings. The minimum Gasteiger partial charge on any atom is -0.497 e. The van der Waals surface area contributed by atoms with Crippen LogP contribution in [0, 0.1) is 0 Å². The van der Waals surface area contributed by atoms with Gasteiger partial charge in [0.15, 0.2) is 5.17 Å². The molecular formula is C18H14N2O4S. The first kappa shape index (κ1) is 16.8. The molecule has 25 heavy (non-hydrogen) atoms. The highest BCUT2D eigenvalue weighted by atomic mass is 32.2. The van der Waals surface area contributed by atoms with Crippen LogP contribution >= 0.6 is 11.8 Å². The Bertz CT molecular complexity index is 888. The first-order valence-corrected chi connectivity index (χ1v) is 8.14. The Morgan fingerprint density at radius 2 is 1.92 bits per heavy atom. The molecule has 1 fully saturated rings. The van der Waals surface area contributed by atoms with E-state index in [2.05, 4.69) is 10.3 Å². The second kappa shape index (κ2) is 7.23. The maximum Gasteiger partial charge on any atom is 0.336 e. The van der Waals surface area contributed by atoms with Gasteiger partial charge in [-0.3, -0.25) is 4.79 Å². The van der Waals surface area contributed by atoms with Crippen LogP contribution in [0.3, 0.4) is 0 Å². The van der Waals surface area contributed by atoms with Crippen LogP contribution in [0.2, 0.25) is 0 Å². The Hall–Kier alpha value is -3.06. The van der Waals surface area contributed by atoms with Crippen LogP contribution in [-0.2, 0) is 4.79 Å². The SMILES string of the molecule is COc1ccc(N=C2NC(=O)/C(=C\c3ccccc3C(=O)O)S2)cc1. The van der Waals surface area contributed by atoms with Crippen molar-refractivity contribution in [2.45, 2.75) is 0 Å². The highest BCUT2D eigenvalue weighted by Crippen LogP contribution is 2.29. The molecule has 0 spiro atoms. The summed E-state index contributed by atoms with van der Waals surface area (Å²) < 4.78 is 5.09. The predicted molar refractivity (Wildman–Crippen MR) is 97.2 cm³/mol. The summed E-state index contributed by atoms with van der Waals surface area (Å²) in [6.45, 7) is 0.